The van der Waals surface area contributed by atoms with E-state index < -0.39 is 46.1 Å². The highest BCUT2D eigenvalue weighted by Crippen LogP contribution is 2.25. The van der Waals surface area contributed by atoms with E-state index in [0.29, 0.717) is 21.0 Å². The highest BCUT2D eigenvalue weighted by atomic mass is 35.5. The molecule has 0 spiro atoms. The predicted octanol–water partition coefficient (Wildman–Crippen LogP) is 3.20. The molecule has 2 rings (SSSR count). The molecule has 0 aliphatic carbocycles. The SMILES string of the molecule is CNC(=O)[C@@H](C)N(Cc1ccc(Cl)cc1Cl)C(=O)CN(c1ccc(F)c(F)c1)S(C)(=O)=O. The Morgan fingerprint density at radius 1 is 1.09 bits per heavy atom. The third-order valence-corrected chi connectivity index (χ3v) is 6.37. The first-order valence-electron chi connectivity index (χ1n) is 9.23. The molecule has 2 aromatic rings. The van der Waals surface area contributed by atoms with E-state index in [-0.39, 0.29) is 17.3 Å². The summed E-state index contributed by atoms with van der Waals surface area (Å²) in [6.45, 7) is 0.582. The lowest BCUT2D eigenvalue weighted by Gasteiger charge is -2.31. The number of amides is 2. The Labute approximate surface area is 194 Å². The van der Waals surface area contributed by atoms with Crippen molar-refractivity contribution in [2.75, 3.05) is 24.2 Å². The molecule has 0 heterocycles. The molecule has 2 amide bonds. The number of halogens is 4. The standard InChI is InChI=1S/C20H21Cl2F2N3O4S/c1-12(20(29)25-2)26(10-13-4-5-14(21)8-16(13)22)19(28)11-27(32(3,30)31)15-6-7-17(23)18(24)9-15/h4-9,12H,10-11H2,1-3H3,(H,25,29)/t12-/m1/s1. The molecule has 1 atom stereocenters. The van der Waals surface area contributed by atoms with Crippen LogP contribution < -0.4 is 9.62 Å². The van der Waals surface area contributed by atoms with Gasteiger partial charge in [-0.25, -0.2) is 17.2 Å². The highest BCUT2D eigenvalue weighted by molar-refractivity contribution is 7.92. The zero-order valence-corrected chi connectivity index (χ0v) is 19.7. The van der Waals surface area contributed by atoms with Gasteiger partial charge in [-0.2, -0.15) is 0 Å². The van der Waals surface area contributed by atoms with Gasteiger partial charge >= 0.3 is 0 Å². The van der Waals surface area contributed by atoms with Crippen LogP contribution in [-0.4, -0.2) is 51.0 Å². The Kier molecular flexibility index (Phi) is 8.44. The fourth-order valence-electron chi connectivity index (χ4n) is 2.88. The third kappa shape index (κ3) is 6.30. The first-order chi connectivity index (χ1) is 14.8. The van der Waals surface area contributed by atoms with E-state index in [1.807, 2.05) is 0 Å². The molecule has 0 fully saturated rings. The number of likely N-dealkylation sites (N-methyl/N-ethyl adjacent to an activating group) is 1. The summed E-state index contributed by atoms with van der Waals surface area (Å²) in [5.41, 5.74) is 0.232. The van der Waals surface area contributed by atoms with Gasteiger partial charge in [0.1, 0.15) is 12.6 Å². The second kappa shape index (κ2) is 10.5. The number of sulfonamides is 1. The van der Waals surface area contributed by atoms with Crippen LogP contribution in [0.5, 0.6) is 0 Å². The first-order valence-corrected chi connectivity index (χ1v) is 11.8. The van der Waals surface area contributed by atoms with Crippen molar-refractivity contribution in [1.29, 1.82) is 0 Å². The summed E-state index contributed by atoms with van der Waals surface area (Å²) in [5.74, 6) is -3.70. The van der Waals surface area contributed by atoms with Crippen LogP contribution in [0.4, 0.5) is 14.5 Å². The summed E-state index contributed by atoms with van der Waals surface area (Å²) >= 11 is 12.1. The largest absolute Gasteiger partial charge is 0.357 e. The highest BCUT2D eigenvalue weighted by Gasteiger charge is 2.30. The van der Waals surface area contributed by atoms with Gasteiger partial charge in [-0.1, -0.05) is 29.3 Å². The van der Waals surface area contributed by atoms with Crippen LogP contribution in [0, 0.1) is 11.6 Å². The summed E-state index contributed by atoms with van der Waals surface area (Å²) in [7, 11) is -2.67. The maximum absolute atomic E-state index is 13.7. The van der Waals surface area contributed by atoms with Crippen molar-refractivity contribution in [3.63, 3.8) is 0 Å². The van der Waals surface area contributed by atoms with E-state index in [4.69, 9.17) is 23.2 Å². The summed E-state index contributed by atoms with van der Waals surface area (Å²) in [5, 5.41) is 3.05. The lowest BCUT2D eigenvalue weighted by atomic mass is 10.1. The Hall–Kier alpha value is -2.43. The normalized spacial score (nSPS) is 12.2. The molecule has 0 saturated carbocycles. The molecular formula is C20H21Cl2F2N3O4S. The molecule has 7 nitrogen and oxygen atoms in total. The molecule has 174 valence electrons. The molecule has 0 aliphatic heterocycles. The number of hydrogen-bond donors (Lipinski definition) is 1. The van der Waals surface area contributed by atoms with Gasteiger partial charge in [0.25, 0.3) is 0 Å². The number of nitrogens with one attached hydrogen (secondary N) is 1. The minimum absolute atomic E-state index is 0.126. The topological polar surface area (TPSA) is 86.8 Å². The number of carbonyl (C=O) groups is 2. The average molecular weight is 508 g/mol. The smallest absolute Gasteiger partial charge is 0.244 e. The third-order valence-electron chi connectivity index (χ3n) is 4.64. The van der Waals surface area contributed by atoms with Crippen molar-refractivity contribution in [2.24, 2.45) is 0 Å². The second-order valence-corrected chi connectivity index (χ2v) is 9.67. The van der Waals surface area contributed by atoms with E-state index in [1.165, 1.54) is 20.0 Å². The van der Waals surface area contributed by atoms with E-state index in [1.54, 1.807) is 12.1 Å². The number of hydrogen-bond acceptors (Lipinski definition) is 4. The van der Waals surface area contributed by atoms with Gasteiger partial charge in [-0.3, -0.25) is 13.9 Å². The van der Waals surface area contributed by atoms with E-state index in [0.717, 1.165) is 23.3 Å². The van der Waals surface area contributed by atoms with Crippen molar-refractivity contribution in [2.45, 2.75) is 19.5 Å². The van der Waals surface area contributed by atoms with Crippen molar-refractivity contribution >= 4 is 50.7 Å². The number of rotatable bonds is 8. The van der Waals surface area contributed by atoms with Crippen molar-refractivity contribution < 1.29 is 26.8 Å². The second-order valence-electron chi connectivity index (χ2n) is 6.92. The van der Waals surface area contributed by atoms with E-state index in [9.17, 15) is 26.8 Å². The molecular weight excluding hydrogens is 487 g/mol. The van der Waals surface area contributed by atoms with Gasteiger partial charge < -0.3 is 10.2 Å². The summed E-state index contributed by atoms with van der Waals surface area (Å²) in [6, 6.07) is 6.07. The van der Waals surface area contributed by atoms with Gasteiger partial charge in [0.15, 0.2) is 11.6 Å². The van der Waals surface area contributed by atoms with Gasteiger partial charge in [0, 0.05) is 29.7 Å². The number of anilines is 1. The van der Waals surface area contributed by atoms with Crippen LogP contribution in [0.25, 0.3) is 0 Å². The van der Waals surface area contributed by atoms with Gasteiger partial charge in [-0.05, 0) is 36.8 Å². The van der Waals surface area contributed by atoms with E-state index in [2.05, 4.69) is 5.32 Å². The Balaban J connectivity index is 2.43. The fourth-order valence-corrected chi connectivity index (χ4v) is 4.19. The van der Waals surface area contributed by atoms with Crippen molar-refractivity contribution in [3.05, 3.63) is 63.6 Å². The minimum atomic E-state index is -4.06. The number of benzene rings is 2. The summed E-state index contributed by atoms with van der Waals surface area (Å²) in [6.07, 6.45) is 0.824. The Bertz CT molecular complexity index is 1130. The van der Waals surface area contributed by atoms with Crippen molar-refractivity contribution in [3.8, 4) is 0 Å². The molecule has 0 unspecified atom stereocenters. The number of carbonyl (C=O) groups excluding carboxylic acids is 2. The lowest BCUT2D eigenvalue weighted by molar-refractivity contribution is -0.139. The molecule has 32 heavy (non-hydrogen) atoms. The van der Waals surface area contributed by atoms with E-state index >= 15 is 0 Å². The minimum Gasteiger partial charge on any atom is -0.357 e. The average Bonchev–Trinajstić information content (AvgIpc) is 2.71. The molecule has 12 heteroatoms. The lowest BCUT2D eigenvalue weighted by Crippen LogP contribution is -2.50. The maximum atomic E-state index is 13.7. The number of nitrogens with zero attached hydrogens (tertiary/aromatic N) is 2. The van der Waals surface area contributed by atoms with Crippen LogP contribution in [0.2, 0.25) is 10.0 Å². The van der Waals surface area contributed by atoms with Crippen LogP contribution in [0.15, 0.2) is 36.4 Å². The first kappa shape index (κ1) is 25.8. The molecule has 0 bridgehead atoms. The quantitative estimate of drug-likeness (QED) is 0.594. The Morgan fingerprint density at radius 3 is 2.28 bits per heavy atom. The zero-order chi connectivity index (χ0) is 24.2. The van der Waals surface area contributed by atoms with Crippen LogP contribution in [0.3, 0.4) is 0 Å². The monoisotopic (exact) mass is 507 g/mol. The molecule has 0 radical (unpaired) electrons. The van der Waals surface area contributed by atoms with Gasteiger partial charge in [0.2, 0.25) is 21.8 Å². The molecule has 0 aromatic heterocycles. The predicted molar refractivity (Wildman–Crippen MR) is 119 cm³/mol. The molecule has 1 N–H and O–H groups in total. The van der Waals surface area contributed by atoms with Crippen LogP contribution >= 0.6 is 23.2 Å². The van der Waals surface area contributed by atoms with Crippen LogP contribution in [-0.2, 0) is 26.2 Å². The van der Waals surface area contributed by atoms with Gasteiger partial charge in [0.05, 0.1) is 11.9 Å². The maximum Gasteiger partial charge on any atom is 0.244 e. The fraction of sp³-hybridized carbons (Fsp3) is 0.300. The molecule has 2 aromatic carbocycles. The molecule has 0 aliphatic rings. The van der Waals surface area contributed by atoms with Crippen LogP contribution in [0.1, 0.15) is 12.5 Å². The Morgan fingerprint density at radius 2 is 1.75 bits per heavy atom. The molecule has 0 saturated heterocycles. The summed E-state index contributed by atoms with van der Waals surface area (Å²) < 4.78 is 52.3. The van der Waals surface area contributed by atoms with Gasteiger partial charge in [-0.15, -0.1) is 0 Å². The van der Waals surface area contributed by atoms with Crippen molar-refractivity contribution in [1.82, 2.24) is 10.2 Å². The summed E-state index contributed by atoms with van der Waals surface area (Å²) in [4.78, 5) is 26.5. The zero-order valence-electron chi connectivity index (χ0n) is 17.4.